The van der Waals surface area contributed by atoms with Crippen molar-refractivity contribution in [1.82, 2.24) is 4.90 Å². The molecule has 4 heteroatoms. The van der Waals surface area contributed by atoms with Gasteiger partial charge in [-0.15, -0.1) is 0 Å². The number of halogens is 2. The molecule has 3 aromatic carbocycles. The van der Waals surface area contributed by atoms with Gasteiger partial charge in [0, 0.05) is 37.4 Å². The summed E-state index contributed by atoms with van der Waals surface area (Å²) >= 11 is 0. The van der Waals surface area contributed by atoms with E-state index in [1.54, 1.807) is 24.3 Å². The topological polar surface area (TPSA) is 20.3 Å². The molecule has 0 N–H and O–H groups in total. The Hall–Kier alpha value is -2.85. The van der Waals surface area contributed by atoms with Crippen molar-refractivity contribution in [3.63, 3.8) is 0 Å². The molecular weight excluding hydrogens is 392 g/mol. The van der Waals surface area contributed by atoms with E-state index in [1.807, 2.05) is 30.3 Å². The van der Waals surface area contributed by atoms with Crippen LogP contribution in [0.4, 0.5) is 8.78 Å². The van der Waals surface area contributed by atoms with Crippen LogP contribution in [0.15, 0.2) is 78.9 Å². The number of benzene rings is 3. The molecular formula is C27H25F2NO. The molecule has 2 aliphatic rings. The molecule has 1 aliphatic carbocycles. The fraction of sp³-hybridized carbons (Fsp3) is 0.296. The summed E-state index contributed by atoms with van der Waals surface area (Å²) in [6.45, 7) is 1.99. The molecule has 5 rings (SSSR count). The van der Waals surface area contributed by atoms with Crippen molar-refractivity contribution in [1.29, 1.82) is 0 Å². The van der Waals surface area contributed by atoms with E-state index in [2.05, 4.69) is 17.0 Å². The Kier molecular flexibility index (Phi) is 5.19. The number of ketones is 1. The fourth-order valence-electron chi connectivity index (χ4n) is 5.83. The Labute approximate surface area is 181 Å². The maximum absolute atomic E-state index is 15.2. The predicted molar refractivity (Wildman–Crippen MR) is 117 cm³/mol. The lowest BCUT2D eigenvalue weighted by Crippen LogP contribution is -2.48. The molecule has 0 bridgehead atoms. The van der Waals surface area contributed by atoms with E-state index < -0.39 is 5.41 Å². The summed E-state index contributed by atoms with van der Waals surface area (Å²) in [5.74, 6) is -0.854. The number of hydrogen-bond acceptors (Lipinski definition) is 2. The van der Waals surface area contributed by atoms with Crippen LogP contribution in [0.5, 0.6) is 0 Å². The summed E-state index contributed by atoms with van der Waals surface area (Å²) in [6, 6.07) is 23.5. The summed E-state index contributed by atoms with van der Waals surface area (Å²) in [4.78, 5) is 15.2. The SMILES string of the molecule is O=C1CCC(c2ccccc2F)(c2ccccc2F)C2CN(Cc3ccccc3)CC12. The van der Waals surface area contributed by atoms with Gasteiger partial charge in [0.1, 0.15) is 17.4 Å². The highest BCUT2D eigenvalue weighted by Gasteiger charge is 2.56. The highest BCUT2D eigenvalue weighted by Crippen LogP contribution is 2.53. The summed E-state index contributed by atoms with van der Waals surface area (Å²) in [6.07, 6.45) is 0.761. The molecule has 3 aromatic rings. The minimum absolute atomic E-state index is 0.175. The molecule has 1 aliphatic heterocycles. The second-order valence-electron chi connectivity index (χ2n) is 8.79. The van der Waals surface area contributed by atoms with Crippen LogP contribution in [0.2, 0.25) is 0 Å². The molecule has 2 nitrogen and oxygen atoms in total. The van der Waals surface area contributed by atoms with Gasteiger partial charge >= 0.3 is 0 Å². The smallest absolute Gasteiger partial charge is 0.137 e. The molecule has 2 fully saturated rings. The molecule has 0 radical (unpaired) electrons. The first-order valence-electron chi connectivity index (χ1n) is 10.9. The van der Waals surface area contributed by atoms with E-state index in [-0.39, 0.29) is 29.3 Å². The standard InChI is InChI=1S/C27H25F2NO/c28-24-12-6-4-10-21(24)27(22-11-5-7-13-25(22)29)15-14-26(31)20-17-30(18-23(20)27)16-19-8-2-1-3-9-19/h1-13,20,23H,14-18H2. The summed E-state index contributed by atoms with van der Waals surface area (Å²) in [5.41, 5.74) is 1.32. The second kappa shape index (κ2) is 8.01. The fourth-order valence-corrected chi connectivity index (χ4v) is 5.83. The third kappa shape index (κ3) is 3.39. The van der Waals surface area contributed by atoms with Crippen molar-refractivity contribution < 1.29 is 13.6 Å². The van der Waals surface area contributed by atoms with Crippen molar-refractivity contribution >= 4 is 5.78 Å². The molecule has 0 aromatic heterocycles. The van der Waals surface area contributed by atoms with Crippen molar-refractivity contribution in [2.45, 2.75) is 24.8 Å². The third-order valence-electron chi connectivity index (χ3n) is 7.17. The highest BCUT2D eigenvalue weighted by molar-refractivity contribution is 5.84. The van der Waals surface area contributed by atoms with Gasteiger partial charge in [0.05, 0.1) is 0 Å². The zero-order valence-electron chi connectivity index (χ0n) is 17.3. The van der Waals surface area contributed by atoms with Crippen molar-refractivity contribution in [2.75, 3.05) is 13.1 Å². The lowest BCUT2D eigenvalue weighted by molar-refractivity contribution is -0.127. The van der Waals surface area contributed by atoms with Gasteiger partial charge < -0.3 is 0 Å². The molecule has 0 amide bonds. The molecule has 1 heterocycles. The molecule has 0 spiro atoms. The Morgan fingerprint density at radius 1 is 0.806 bits per heavy atom. The number of hydrogen-bond donors (Lipinski definition) is 0. The zero-order valence-corrected chi connectivity index (χ0v) is 17.3. The van der Waals surface area contributed by atoms with E-state index in [0.717, 1.165) is 6.54 Å². The average Bonchev–Trinajstić information content (AvgIpc) is 3.21. The van der Waals surface area contributed by atoms with Gasteiger partial charge in [-0.25, -0.2) is 8.78 Å². The molecule has 1 saturated heterocycles. The van der Waals surface area contributed by atoms with Crippen LogP contribution in [0.1, 0.15) is 29.5 Å². The predicted octanol–water partition coefficient (Wildman–Crippen LogP) is 5.36. The van der Waals surface area contributed by atoms with Gasteiger partial charge in [0.25, 0.3) is 0 Å². The van der Waals surface area contributed by atoms with Crippen molar-refractivity contribution in [3.8, 4) is 0 Å². The average molecular weight is 417 g/mol. The van der Waals surface area contributed by atoms with E-state index >= 15 is 8.78 Å². The van der Waals surface area contributed by atoms with Gasteiger partial charge in [-0.2, -0.15) is 0 Å². The monoisotopic (exact) mass is 417 g/mol. The maximum atomic E-state index is 15.2. The quantitative estimate of drug-likeness (QED) is 0.569. The number of likely N-dealkylation sites (tertiary alicyclic amines) is 1. The summed E-state index contributed by atoms with van der Waals surface area (Å²) < 4.78 is 30.4. The van der Waals surface area contributed by atoms with Crippen molar-refractivity contribution in [3.05, 3.63) is 107 Å². The minimum Gasteiger partial charge on any atom is -0.299 e. The van der Waals surface area contributed by atoms with E-state index in [4.69, 9.17) is 0 Å². The van der Waals surface area contributed by atoms with Crippen LogP contribution in [0.25, 0.3) is 0 Å². The van der Waals surface area contributed by atoms with Crippen LogP contribution in [-0.2, 0) is 16.8 Å². The Morgan fingerprint density at radius 2 is 1.39 bits per heavy atom. The number of fused-ring (bicyclic) bond motifs is 1. The zero-order chi connectivity index (χ0) is 21.4. The van der Waals surface area contributed by atoms with Gasteiger partial charge in [0.2, 0.25) is 0 Å². The van der Waals surface area contributed by atoms with Crippen LogP contribution < -0.4 is 0 Å². The second-order valence-corrected chi connectivity index (χ2v) is 8.79. The molecule has 31 heavy (non-hydrogen) atoms. The largest absolute Gasteiger partial charge is 0.299 e. The number of carbonyl (C=O) groups excluding carboxylic acids is 1. The summed E-state index contributed by atoms with van der Waals surface area (Å²) in [7, 11) is 0. The third-order valence-corrected chi connectivity index (χ3v) is 7.17. The van der Waals surface area contributed by atoms with Crippen molar-refractivity contribution in [2.24, 2.45) is 11.8 Å². The van der Waals surface area contributed by atoms with Crippen LogP contribution in [0, 0.1) is 23.5 Å². The summed E-state index contributed by atoms with van der Waals surface area (Å²) in [5, 5.41) is 0. The molecule has 158 valence electrons. The number of Topliss-reactive ketones (excluding diaryl/α,β-unsaturated/α-hetero) is 1. The first kappa shape index (κ1) is 20.1. The highest BCUT2D eigenvalue weighted by atomic mass is 19.1. The molecule has 1 saturated carbocycles. The first-order valence-corrected chi connectivity index (χ1v) is 10.9. The normalized spacial score (nSPS) is 23.0. The Balaban J connectivity index is 1.62. The van der Waals surface area contributed by atoms with E-state index in [9.17, 15) is 4.79 Å². The van der Waals surface area contributed by atoms with Gasteiger partial charge in [-0.05, 0) is 41.2 Å². The number of carbonyl (C=O) groups is 1. The lowest BCUT2D eigenvalue weighted by Gasteiger charge is -2.46. The van der Waals surface area contributed by atoms with Gasteiger partial charge in [-0.3, -0.25) is 9.69 Å². The lowest BCUT2D eigenvalue weighted by atomic mass is 9.56. The van der Waals surface area contributed by atoms with E-state index in [1.165, 1.54) is 17.7 Å². The van der Waals surface area contributed by atoms with Gasteiger partial charge in [0.15, 0.2) is 0 Å². The molecule has 2 atom stereocenters. The Bertz CT molecular complexity index is 1050. The Morgan fingerprint density at radius 3 is 2.00 bits per heavy atom. The van der Waals surface area contributed by atoms with Crippen LogP contribution in [-0.4, -0.2) is 23.8 Å². The minimum atomic E-state index is -0.860. The van der Waals surface area contributed by atoms with Gasteiger partial charge in [-0.1, -0.05) is 66.7 Å². The number of rotatable bonds is 4. The maximum Gasteiger partial charge on any atom is 0.137 e. The van der Waals surface area contributed by atoms with Crippen LogP contribution >= 0.6 is 0 Å². The van der Waals surface area contributed by atoms with E-state index in [0.29, 0.717) is 37.1 Å². The first-order chi connectivity index (χ1) is 15.1. The molecule has 2 unspecified atom stereocenters. The van der Waals surface area contributed by atoms with Crippen LogP contribution in [0.3, 0.4) is 0 Å². The number of nitrogens with zero attached hydrogens (tertiary/aromatic N) is 1.